The molecular weight excluding hydrogens is 336 g/mol. The molecule has 3 N–H and O–H groups in total. The third kappa shape index (κ3) is 3.96. The second-order valence-corrected chi connectivity index (χ2v) is 4.56. The molecule has 0 saturated carbocycles. The summed E-state index contributed by atoms with van der Waals surface area (Å²) in [4.78, 5) is 49.7. The van der Waals surface area contributed by atoms with Crippen LogP contribution in [-0.2, 0) is 9.47 Å². The number of aromatic nitrogens is 2. The van der Waals surface area contributed by atoms with Gasteiger partial charge in [-0.1, -0.05) is 0 Å². The number of ether oxygens (including phenoxy) is 2. The van der Waals surface area contributed by atoms with Gasteiger partial charge in [-0.05, 0) is 18.2 Å². The molecule has 0 saturated heterocycles. The van der Waals surface area contributed by atoms with E-state index in [9.17, 15) is 24.3 Å². The van der Waals surface area contributed by atoms with Gasteiger partial charge in [-0.25, -0.2) is 14.4 Å². The lowest BCUT2D eigenvalue weighted by atomic mass is 10.1. The predicted octanol–water partition coefficient (Wildman–Crippen LogP) is 0.757. The highest BCUT2D eigenvalue weighted by atomic mass is 16.5. The van der Waals surface area contributed by atoms with Crippen molar-refractivity contribution in [2.45, 2.75) is 0 Å². The first-order valence-electron chi connectivity index (χ1n) is 6.64. The van der Waals surface area contributed by atoms with Crippen molar-refractivity contribution in [3.63, 3.8) is 0 Å². The third-order valence-corrected chi connectivity index (χ3v) is 2.92. The molecule has 2 rings (SSSR count). The molecule has 0 unspecified atom stereocenters. The number of nitrogens with zero attached hydrogens (tertiary/aromatic N) is 2. The van der Waals surface area contributed by atoms with Crippen LogP contribution in [0.25, 0.3) is 0 Å². The van der Waals surface area contributed by atoms with Gasteiger partial charge in [0.25, 0.3) is 5.56 Å². The van der Waals surface area contributed by atoms with Crippen LogP contribution in [0, 0.1) is 0 Å². The third-order valence-electron chi connectivity index (χ3n) is 2.92. The van der Waals surface area contributed by atoms with Gasteiger partial charge in [-0.15, -0.1) is 5.11 Å². The maximum Gasteiger partial charge on any atom is 0.337 e. The Morgan fingerprint density at radius 2 is 1.52 bits per heavy atom. The summed E-state index contributed by atoms with van der Waals surface area (Å²) in [5, 5.41) is 16.8. The normalized spacial score (nSPS) is 10.6. The fourth-order valence-electron chi connectivity index (χ4n) is 1.81. The van der Waals surface area contributed by atoms with E-state index >= 15 is 0 Å². The van der Waals surface area contributed by atoms with Crippen LogP contribution in [-0.4, -0.2) is 41.2 Å². The molecule has 0 fully saturated rings. The van der Waals surface area contributed by atoms with Crippen molar-refractivity contribution in [3.05, 3.63) is 50.2 Å². The SMILES string of the molecule is COC(=O)c1cc(N=Nc2c(O)[nH]c(=O)[nH]c2=O)cc(C(=O)OC)c1. The molecule has 25 heavy (non-hydrogen) atoms. The van der Waals surface area contributed by atoms with Gasteiger partial charge >= 0.3 is 17.6 Å². The Hall–Kier alpha value is -3.76. The highest BCUT2D eigenvalue weighted by Crippen LogP contribution is 2.23. The summed E-state index contributed by atoms with van der Waals surface area (Å²) in [6.07, 6.45) is 0. The van der Waals surface area contributed by atoms with Gasteiger partial charge < -0.3 is 14.6 Å². The van der Waals surface area contributed by atoms with Gasteiger partial charge in [0, 0.05) is 0 Å². The number of aromatic amines is 2. The molecule has 130 valence electrons. The van der Waals surface area contributed by atoms with Gasteiger partial charge in [0.1, 0.15) is 0 Å². The topological polar surface area (TPSA) is 163 Å². The quantitative estimate of drug-likeness (QED) is 0.542. The lowest BCUT2D eigenvalue weighted by Crippen LogP contribution is -2.20. The van der Waals surface area contributed by atoms with E-state index in [2.05, 4.69) is 19.7 Å². The Morgan fingerprint density at radius 1 is 0.960 bits per heavy atom. The second kappa shape index (κ2) is 7.21. The molecule has 0 aliphatic heterocycles. The summed E-state index contributed by atoms with van der Waals surface area (Å²) >= 11 is 0. The molecule has 0 aliphatic carbocycles. The molecule has 11 nitrogen and oxygen atoms in total. The number of carbonyl (C=O) groups is 2. The summed E-state index contributed by atoms with van der Waals surface area (Å²) in [5.41, 5.74) is -2.43. The lowest BCUT2D eigenvalue weighted by Gasteiger charge is -2.04. The van der Waals surface area contributed by atoms with Crippen LogP contribution in [0.2, 0.25) is 0 Å². The zero-order chi connectivity index (χ0) is 18.6. The van der Waals surface area contributed by atoms with Crippen LogP contribution in [0.4, 0.5) is 11.4 Å². The minimum atomic E-state index is -0.970. The summed E-state index contributed by atoms with van der Waals surface area (Å²) in [7, 11) is 2.32. The molecular formula is C14H12N4O7. The monoisotopic (exact) mass is 348 g/mol. The van der Waals surface area contributed by atoms with Crippen molar-refractivity contribution in [2.24, 2.45) is 10.2 Å². The zero-order valence-corrected chi connectivity index (χ0v) is 13.0. The van der Waals surface area contributed by atoms with Crippen LogP contribution in [0.1, 0.15) is 20.7 Å². The number of benzene rings is 1. The Morgan fingerprint density at radius 3 is 2.00 bits per heavy atom. The van der Waals surface area contributed by atoms with Crippen molar-refractivity contribution in [1.29, 1.82) is 0 Å². The van der Waals surface area contributed by atoms with Gasteiger partial charge in [0.05, 0.1) is 31.0 Å². The van der Waals surface area contributed by atoms with E-state index < -0.39 is 34.8 Å². The fourth-order valence-corrected chi connectivity index (χ4v) is 1.81. The number of methoxy groups -OCH3 is 2. The molecule has 0 bridgehead atoms. The number of H-pyrrole nitrogens is 2. The van der Waals surface area contributed by atoms with E-state index in [1.54, 1.807) is 0 Å². The van der Waals surface area contributed by atoms with Gasteiger partial charge in [0.15, 0.2) is 0 Å². The molecule has 0 spiro atoms. The van der Waals surface area contributed by atoms with Crippen molar-refractivity contribution in [1.82, 2.24) is 9.97 Å². The first-order valence-corrected chi connectivity index (χ1v) is 6.64. The largest absolute Gasteiger partial charge is 0.493 e. The fraction of sp³-hybridized carbons (Fsp3) is 0.143. The van der Waals surface area contributed by atoms with Gasteiger partial charge in [0.2, 0.25) is 11.6 Å². The predicted molar refractivity (Wildman–Crippen MR) is 82.6 cm³/mol. The van der Waals surface area contributed by atoms with Crippen LogP contribution in [0.5, 0.6) is 5.88 Å². The summed E-state index contributed by atoms with van der Waals surface area (Å²) < 4.78 is 9.15. The average molecular weight is 348 g/mol. The first-order chi connectivity index (χ1) is 11.8. The maximum atomic E-state index is 11.7. The number of rotatable bonds is 4. The molecule has 2 aromatic rings. The maximum absolute atomic E-state index is 11.7. The van der Waals surface area contributed by atoms with Crippen molar-refractivity contribution >= 4 is 23.3 Å². The number of azo groups is 1. The molecule has 1 aromatic carbocycles. The van der Waals surface area contributed by atoms with E-state index in [0.29, 0.717) is 0 Å². The standard InChI is InChI=1S/C14H12N4O7/c1-24-12(21)6-3-7(13(22)25-2)5-8(4-6)17-18-9-10(19)15-14(23)16-11(9)20/h3-5H,1-2H3,(H3,15,16,19,20,23). The van der Waals surface area contributed by atoms with E-state index in [0.717, 1.165) is 14.2 Å². The van der Waals surface area contributed by atoms with Gasteiger partial charge in [-0.2, -0.15) is 5.11 Å². The summed E-state index contributed by atoms with van der Waals surface area (Å²) in [6.45, 7) is 0. The number of hydrogen-bond acceptors (Lipinski definition) is 9. The summed E-state index contributed by atoms with van der Waals surface area (Å²) in [5.74, 6) is -2.24. The molecule has 11 heteroatoms. The molecule has 1 aromatic heterocycles. The Labute approximate surface area is 139 Å². The smallest absolute Gasteiger partial charge is 0.337 e. The minimum Gasteiger partial charge on any atom is -0.493 e. The number of aromatic hydroxyl groups is 1. The minimum absolute atomic E-state index is 0.000972. The van der Waals surface area contributed by atoms with Crippen molar-refractivity contribution in [2.75, 3.05) is 14.2 Å². The van der Waals surface area contributed by atoms with E-state index in [1.807, 2.05) is 9.97 Å². The highest BCUT2D eigenvalue weighted by Gasteiger charge is 2.14. The number of esters is 2. The molecule has 0 aliphatic rings. The number of nitrogens with one attached hydrogen (secondary N) is 2. The van der Waals surface area contributed by atoms with Gasteiger partial charge in [-0.3, -0.25) is 14.8 Å². The summed E-state index contributed by atoms with van der Waals surface area (Å²) in [6, 6.07) is 3.73. The Kier molecular flexibility index (Phi) is 5.07. The molecule has 1 heterocycles. The van der Waals surface area contributed by atoms with E-state index in [-0.39, 0.29) is 16.8 Å². The van der Waals surface area contributed by atoms with Crippen LogP contribution >= 0.6 is 0 Å². The van der Waals surface area contributed by atoms with Crippen LogP contribution < -0.4 is 11.2 Å². The zero-order valence-electron chi connectivity index (χ0n) is 13.0. The Balaban J connectivity index is 2.52. The molecule has 0 amide bonds. The number of carbonyl (C=O) groups excluding carboxylic acids is 2. The molecule has 0 radical (unpaired) electrons. The highest BCUT2D eigenvalue weighted by molar-refractivity contribution is 5.96. The molecule has 0 atom stereocenters. The average Bonchev–Trinajstić information content (AvgIpc) is 2.59. The van der Waals surface area contributed by atoms with Crippen molar-refractivity contribution < 1.29 is 24.2 Å². The number of hydrogen-bond donors (Lipinski definition) is 3. The lowest BCUT2D eigenvalue weighted by molar-refractivity contribution is 0.0599. The van der Waals surface area contributed by atoms with E-state index in [4.69, 9.17) is 0 Å². The van der Waals surface area contributed by atoms with E-state index in [1.165, 1.54) is 18.2 Å². The van der Waals surface area contributed by atoms with Crippen LogP contribution in [0.3, 0.4) is 0 Å². The van der Waals surface area contributed by atoms with Crippen LogP contribution in [0.15, 0.2) is 38.0 Å². The van der Waals surface area contributed by atoms with Crippen molar-refractivity contribution in [3.8, 4) is 5.88 Å². The first kappa shape index (κ1) is 17.6. The Bertz CT molecular complexity index is 940. The second-order valence-electron chi connectivity index (χ2n) is 4.56.